The van der Waals surface area contributed by atoms with Crippen LogP contribution in [0, 0.1) is 0 Å². The van der Waals surface area contributed by atoms with Crippen LogP contribution in [0.4, 0.5) is 0 Å². The van der Waals surface area contributed by atoms with E-state index in [1.165, 1.54) is 18.4 Å². The highest BCUT2D eigenvalue weighted by atomic mass is 16.1. The molecule has 0 atom stereocenters. The largest absolute Gasteiger partial charge is 0.349 e. The minimum atomic E-state index is 0.0135. The van der Waals surface area contributed by atoms with Crippen molar-refractivity contribution in [2.24, 2.45) is 0 Å². The standard InChI is InChI=1S/C27H29N3O/c1-2-3-9-18-30-25-13-8-7-12-24(25)29-26(30)20-28-27(31)19-21-14-16-23(17-15-21)22-10-5-4-6-11-22/h4-8,10-17H,2-3,9,18-20H2,1H3,(H,28,31). The zero-order valence-electron chi connectivity index (χ0n) is 18.1. The molecule has 0 aliphatic rings. The molecule has 4 nitrogen and oxygen atoms in total. The van der Waals surface area contributed by atoms with Crippen LogP contribution in [0.5, 0.6) is 0 Å². The first kappa shape index (κ1) is 20.9. The molecule has 4 rings (SSSR count). The van der Waals surface area contributed by atoms with E-state index in [9.17, 15) is 4.79 Å². The molecule has 0 bridgehead atoms. The highest BCUT2D eigenvalue weighted by Gasteiger charge is 2.12. The van der Waals surface area contributed by atoms with E-state index in [4.69, 9.17) is 4.98 Å². The SMILES string of the molecule is CCCCCn1c(CNC(=O)Cc2ccc(-c3ccccc3)cc2)nc2ccccc21. The number of carbonyl (C=O) groups is 1. The normalized spacial score (nSPS) is 11.0. The van der Waals surface area contributed by atoms with Crippen molar-refractivity contribution in [2.45, 2.75) is 45.7 Å². The van der Waals surface area contributed by atoms with Crippen molar-refractivity contribution in [3.8, 4) is 11.1 Å². The summed E-state index contributed by atoms with van der Waals surface area (Å²) >= 11 is 0. The molecule has 0 radical (unpaired) electrons. The molecule has 0 aliphatic carbocycles. The number of fused-ring (bicyclic) bond motifs is 1. The van der Waals surface area contributed by atoms with Gasteiger partial charge in [-0.25, -0.2) is 4.98 Å². The van der Waals surface area contributed by atoms with Gasteiger partial charge in [-0.15, -0.1) is 0 Å². The molecule has 0 fully saturated rings. The van der Waals surface area contributed by atoms with Gasteiger partial charge in [-0.1, -0.05) is 86.5 Å². The van der Waals surface area contributed by atoms with Gasteiger partial charge >= 0.3 is 0 Å². The average Bonchev–Trinajstić information content (AvgIpc) is 3.16. The third-order valence-corrected chi connectivity index (χ3v) is 5.59. The van der Waals surface area contributed by atoms with Gasteiger partial charge in [0.1, 0.15) is 5.82 Å². The van der Waals surface area contributed by atoms with E-state index >= 15 is 0 Å². The second kappa shape index (κ2) is 10.1. The summed E-state index contributed by atoms with van der Waals surface area (Å²) in [6.07, 6.45) is 3.86. The van der Waals surface area contributed by atoms with E-state index in [-0.39, 0.29) is 5.91 Å². The van der Waals surface area contributed by atoms with Gasteiger partial charge < -0.3 is 9.88 Å². The van der Waals surface area contributed by atoms with Crippen LogP contribution >= 0.6 is 0 Å². The maximum atomic E-state index is 12.6. The number of benzene rings is 3. The molecule has 1 N–H and O–H groups in total. The Bertz CT molecular complexity index is 1130. The van der Waals surface area contributed by atoms with Gasteiger partial charge in [-0.3, -0.25) is 4.79 Å². The van der Waals surface area contributed by atoms with Crippen LogP contribution in [0.1, 0.15) is 37.6 Å². The van der Waals surface area contributed by atoms with Crippen molar-refractivity contribution in [2.75, 3.05) is 0 Å². The van der Waals surface area contributed by atoms with E-state index in [0.717, 1.165) is 41.0 Å². The van der Waals surface area contributed by atoms with Gasteiger partial charge in [0.25, 0.3) is 0 Å². The Morgan fingerprint density at radius 2 is 1.58 bits per heavy atom. The number of amides is 1. The zero-order valence-corrected chi connectivity index (χ0v) is 18.1. The highest BCUT2D eigenvalue weighted by Crippen LogP contribution is 2.20. The predicted molar refractivity (Wildman–Crippen MR) is 127 cm³/mol. The molecule has 31 heavy (non-hydrogen) atoms. The number of nitrogens with zero attached hydrogens (tertiary/aromatic N) is 2. The number of carbonyl (C=O) groups excluding carboxylic acids is 1. The van der Waals surface area contributed by atoms with Gasteiger partial charge in [0, 0.05) is 6.54 Å². The summed E-state index contributed by atoms with van der Waals surface area (Å²) in [7, 11) is 0. The summed E-state index contributed by atoms with van der Waals surface area (Å²) in [4.78, 5) is 17.3. The quantitative estimate of drug-likeness (QED) is 0.356. The fourth-order valence-electron chi connectivity index (χ4n) is 3.90. The number of unbranched alkanes of at least 4 members (excludes halogenated alkanes) is 2. The lowest BCUT2D eigenvalue weighted by molar-refractivity contribution is -0.120. The number of hydrogen-bond donors (Lipinski definition) is 1. The molecule has 1 amide bonds. The number of aromatic nitrogens is 2. The van der Waals surface area contributed by atoms with Crippen LogP contribution in [0.15, 0.2) is 78.9 Å². The maximum Gasteiger partial charge on any atom is 0.224 e. The average molecular weight is 412 g/mol. The van der Waals surface area contributed by atoms with Crippen molar-refractivity contribution in [3.05, 3.63) is 90.3 Å². The van der Waals surface area contributed by atoms with E-state index in [0.29, 0.717) is 13.0 Å². The van der Waals surface area contributed by atoms with Gasteiger partial charge in [0.05, 0.1) is 24.0 Å². The number of imidazole rings is 1. The zero-order chi connectivity index (χ0) is 21.5. The van der Waals surface area contributed by atoms with Gasteiger partial charge in [0.15, 0.2) is 0 Å². The predicted octanol–water partition coefficient (Wildman–Crippen LogP) is 5.75. The lowest BCUT2D eigenvalue weighted by Gasteiger charge is -2.10. The Balaban J connectivity index is 1.39. The molecule has 1 aromatic heterocycles. The van der Waals surface area contributed by atoms with Crippen LogP contribution in [-0.2, 0) is 24.3 Å². The summed E-state index contributed by atoms with van der Waals surface area (Å²) in [5, 5.41) is 3.06. The molecular weight excluding hydrogens is 382 g/mol. The number of rotatable bonds is 9. The van der Waals surface area contributed by atoms with Crippen LogP contribution in [0.3, 0.4) is 0 Å². The molecule has 1 heterocycles. The lowest BCUT2D eigenvalue weighted by Crippen LogP contribution is -2.26. The number of para-hydroxylation sites is 2. The van der Waals surface area contributed by atoms with Crippen LogP contribution < -0.4 is 5.32 Å². The summed E-state index contributed by atoms with van der Waals surface area (Å²) in [5.74, 6) is 0.935. The Labute approximate surface area is 183 Å². The second-order valence-electron chi connectivity index (χ2n) is 7.89. The molecule has 0 saturated carbocycles. The Kier molecular flexibility index (Phi) is 6.78. The van der Waals surface area contributed by atoms with E-state index in [1.54, 1.807) is 0 Å². The Hall–Kier alpha value is -3.40. The van der Waals surface area contributed by atoms with Crippen molar-refractivity contribution in [1.29, 1.82) is 0 Å². The number of nitrogens with one attached hydrogen (secondary N) is 1. The lowest BCUT2D eigenvalue weighted by atomic mass is 10.0. The van der Waals surface area contributed by atoms with E-state index in [1.807, 2.05) is 48.5 Å². The summed E-state index contributed by atoms with van der Waals surface area (Å²) in [5.41, 5.74) is 5.47. The van der Waals surface area contributed by atoms with Crippen molar-refractivity contribution < 1.29 is 4.79 Å². The van der Waals surface area contributed by atoms with E-state index in [2.05, 4.69) is 47.1 Å². The molecular formula is C27H29N3O. The Morgan fingerprint density at radius 1 is 0.871 bits per heavy atom. The first-order valence-electron chi connectivity index (χ1n) is 11.1. The molecule has 0 aliphatic heterocycles. The third-order valence-electron chi connectivity index (χ3n) is 5.59. The number of hydrogen-bond acceptors (Lipinski definition) is 2. The van der Waals surface area contributed by atoms with Gasteiger partial charge in [-0.05, 0) is 35.2 Å². The van der Waals surface area contributed by atoms with E-state index < -0.39 is 0 Å². The van der Waals surface area contributed by atoms with Gasteiger partial charge in [-0.2, -0.15) is 0 Å². The minimum absolute atomic E-state index is 0.0135. The molecule has 4 aromatic rings. The fraction of sp³-hybridized carbons (Fsp3) is 0.259. The van der Waals surface area contributed by atoms with Crippen molar-refractivity contribution in [3.63, 3.8) is 0 Å². The molecule has 158 valence electrons. The molecule has 0 spiro atoms. The van der Waals surface area contributed by atoms with Crippen LogP contribution in [-0.4, -0.2) is 15.5 Å². The topological polar surface area (TPSA) is 46.9 Å². The first-order chi connectivity index (χ1) is 15.2. The van der Waals surface area contributed by atoms with Crippen LogP contribution in [0.2, 0.25) is 0 Å². The smallest absolute Gasteiger partial charge is 0.224 e. The van der Waals surface area contributed by atoms with Gasteiger partial charge in [0.2, 0.25) is 5.91 Å². The summed E-state index contributed by atoms with van der Waals surface area (Å²) in [6, 6.07) is 26.7. The fourth-order valence-corrected chi connectivity index (χ4v) is 3.90. The van der Waals surface area contributed by atoms with Crippen LogP contribution in [0.25, 0.3) is 22.2 Å². The number of aryl methyl sites for hydroxylation is 1. The summed E-state index contributed by atoms with van der Waals surface area (Å²) in [6.45, 7) is 3.59. The molecule has 4 heteroatoms. The highest BCUT2D eigenvalue weighted by molar-refractivity contribution is 5.79. The van der Waals surface area contributed by atoms with Crippen molar-refractivity contribution >= 4 is 16.9 Å². The monoisotopic (exact) mass is 411 g/mol. The van der Waals surface area contributed by atoms with Crippen molar-refractivity contribution in [1.82, 2.24) is 14.9 Å². The summed E-state index contributed by atoms with van der Waals surface area (Å²) < 4.78 is 2.25. The third kappa shape index (κ3) is 5.21. The first-order valence-corrected chi connectivity index (χ1v) is 11.1. The Morgan fingerprint density at radius 3 is 2.35 bits per heavy atom. The second-order valence-corrected chi connectivity index (χ2v) is 7.89. The molecule has 0 unspecified atom stereocenters. The molecule has 3 aromatic carbocycles. The molecule has 0 saturated heterocycles. The maximum absolute atomic E-state index is 12.6. The minimum Gasteiger partial charge on any atom is -0.349 e.